The molecule has 0 N–H and O–H groups in total. The standard InChI is InChI=1S/C39H51ClN2O8/c1-8-48-37(46)39-19-25(39)13-10-9-12-23(2)16-24(3)28(18-33(44)50-38(4,5)6)36(45)42-22-26(17-30(42)31(43)20-39)49-35-27-14-11-15-29(40)34(27)32(47-7)21-41-35/h10-11,13-15,21,23-26,28,30H,8-9,12,16-20,22H2,1-7H3/b13-10-/t23?,24-,25-,26-,28?,30+,39-/m1/s1. The van der Waals surface area contributed by atoms with Crippen LogP contribution in [0.15, 0.2) is 36.5 Å². The molecule has 1 saturated heterocycles. The average molecular weight is 711 g/mol. The molecule has 2 aromatic rings. The van der Waals surface area contributed by atoms with Gasteiger partial charge in [-0.1, -0.05) is 43.7 Å². The number of esters is 2. The highest BCUT2D eigenvalue weighted by Crippen LogP contribution is 2.58. The van der Waals surface area contributed by atoms with Gasteiger partial charge in [0, 0.05) is 23.6 Å². The zero-order chi connectivity index (χ0) is 36.4. The SMILES string of the molecule is CCOC(=O)[C@]12CC(=O)[C@@H]3C[C@@H](Oc4ncc(OC)c5c(Cl)cccc45)CN3C(=O)C(CC(=O)OC(C)(C)C)[C@H](C)CC(C)CC/C=C\[C@@H]1C2. The number of carbonyl (C=O) groups excluding carboxylic acids is 4. The first-order valence-electron chi connectivity index (χ1n) is 17.8. The average Bonchev–Trinajstić information content (AvgIpc) is 3.57. The molecule has 1 saturated carbocycles. The van der Waals surface area contributed by atoms with Gasteiger partial charge in [-0.05, 0) is 83.3 Å². The van der Waals surface area contributed by atoms with E-state index in [4.69, 9.17) is 30.5 Å². The zero-order valence-corrected chi connectivity index (χ0v) is 31.1. The van der Waals surface area contributed by atoms with Gasteiger partial charge in [-0.2, -0.15) is 0 Å². The molecule has 3 heterocycles. The number of ketones is 1. The van der Waals surface area contributed by atoms with E-state index in [1.54, 1.807) is 51.8 Å². The highest BCUT2D eigenvalue weighted by molar-refractivity contribution is 6.36. The highest BCUT2D eigenvalue weighted by Gasteiger charge is 2.61. The maximum atomic E-state index is 14.7. The van der Waals surface area contributed by atoms with Gasteiger partial charge in [0.25, 0.3) is 0 Å². The number of benzene rings is 1. The smallest absolute Gasteiger partial charge is 0.313 e. The van der Waals surface area contributed by atoms with E-state index in [9.17, 15) is 19.2 Å². The van der Waals surface area contributed by atoms with Crippen LogP contribution in [0.3, 0.4) is 0 Å². The van der Waals surface area contributed by atoms with Crippen molar-refractivity contribution in [2.75, 3.05) is 20.3 Å². The van der Waals surface area contributed by atoms with Gasteiger partial charge in [-0.15, -0.1) is 0 Å². The molecule has 2 fully saturated rings. The molecule has 5 rings (SSSR count). The number of ether oxygens (including phenoxy) is 4. The third-order valence-electron chi connectivity index (χ3n) is 10.3. The van der Waals surface area contributed by atoms with E-state index < -0.39 is 35.0 Å². The molecule has 2 aliphatic heterocycles. The van der Waals surface area contributed by atoms with Gasteiger partial charge < -0.3 is 23.8 Å². The number of halogens is 1. The molecule has 0 radical (unpaired) electrons. The van der Waals surface area contributed by atoms with Crippen LogP contribution in [0.4, 0.5) is 0 Å². The van der Waals surface area contributed by atoms with Crippen LogP contribution in [0.1, 0.15) is 86.5 Å². The second kappa shape index (κ2) is 15.3. The number of hydrogen-bond acceptors (Lipinski definition) is 9. The van der Waals surface area contributed by atoms with E-state index in [2.05, 4.69) is 24.1 Å². The molecule has 2 unspecified atom stereocenters. The fraction of sp³-hybridized carbons (Fsp3) is 0.615. The van der Waals surface area contributed by atoms with Crippen molar-refractivity contribution >= 4 is 46.0 Å². The Morgan fingerprint density at radius 2 is 1.90 bits per heavy atom. The summed E-state index contributed by atoms with van der Waals surface area (Å²) in [6, 6.07) is 4.52. The van der Waals surface area contributed by atoms with Crippen molar-refractivity contribution in [1.82, 2.24) is 9.88 Å². The summed E-state index contributed by atoms with van der Waals surface area (Å²) in [6.07, 6.45) is 8.08. The monoisotopic (exact) mass is 710 g/mol. The zero-order valence-electron chi connectivity index (χ0n) is 30.3. The fourth-order valence-electron chi connectivity index (χ4n) is 7.71. The molecule has 3 aliphatic rings. The second-order valence-corrected chi connectivity index (χ2v) is 15.7. The number of methoxy groups -OCH3 is 1. The van der Waals surface area contributed by atoms with Crippen molar-refractivity contribution in [3.8, 4) is 11.6 Å². The van der Waals surface area contributed by atoms with Crippen LogP contribution in [0.25, 0.3) is 10.8 Å². The fourth-order valence-corrected chi connectivity index (χ4v) is 7.98. The Balaban J connectivity index is 1.52. The van der Waals surface area contributed by atoms with E-state index in [1.165, 1.54) is 6.20 Å². The van der Waals surface area contributed by atoms with Gasteiger partial charge in [0.05, 0.1) is 55.3 Å². The Morgan fingerprint density at radius 1 is 1.14 bits per heavy atom. The van der Waals surface area contributed by atoms with Crippen LogP contribution in [0.5, 0.6) is 11.6 Å². The van der Waals surface area contributed by atoms with Crippen molar-refractivity contribution in [2.24, 2.45) is 29.1 Å². The minimum absolute atomic E-state index is 0.0516. The van der Waals surface area contributed by atoms with Gasteiger partial charge in [0.1, 0.15) is 17.5 Å². The first-order valence-corrected chi connectivity index (χ1v) is 18.2. The molecule has 11 heteroatoms. The van der Waals surface area contributed by atoms with Gasteiger partial charge in [-0.3, -0.25) is 19.2 Å². The molecular weight excluding hydrogens is 660 g/mol. The van der Waals surface area contributed by atoms with Crippen molar-refractivity contribution < 1.29 is 38.1 Å². The third-order valence-corrected chi connectivity index (χ3v) is 10.6. The van der Waals surface area contributed by atoms with Gasteiger partial charge in [-0.25, -0.2) is 4.98 Å². The number of amides is 1. The van der Waals surface area contributed by atoms with Crippen LogP contribution in [0, 0.1) is 29.1 Å². The number of fused-ring (bicyclic) bond motifs is 3. The maximum Gasteiger partial charge on any atom is 0.313 e. The maximum absolute atomic E-state index is 14.7. The summed E-state index contributed by atoms with van der Waals surface area (Å²) in [5.74, 6) is -1.27. The number of hydrogen-bond donors (Lipinski definition) is 0. The molecule has 1 aromatic heterocycles. The van der Waals surface area contributed by atoms with Crippen LogP contribution in [-0.4, -0.2) is 71.5 Å². The van der Waals surface area contributed by atoms with E-state index in [-0.39, 0.29) is 67.8 Å². The summed E-state index contributed by atoms with van der Waals surface area (Å²) < 4.78 is 23.2. The lowest BCUT2D eigenvalue weighted by Crippen LogP contribution is -2.47. The lowest BCUT2D eigenvalue weighted by molar-refractivity contribution is -0.160. The molecule has 10 nitrogen and oxygen atoms in total. The quantitative estimate of drug-likeness (QED) is 0.218. The number of pyridine rings is 1. The van der Waals surface area contributed by atoms with Crippen LogP contribution in [0.2, 0.25) is 5.02 Å². The number of carbonyl (C=O) groups is 4. The first kappa shape index (κ1) is 37.6. The number of allylic oxidation sites excluding steroid dienone is 2. The van der Waals surface area contributed by atoms with Crippen molar-refractivity contribution in [3.05, 3.63) is 41.6 Å². The summed E-state index contributed by atoms with van der Waals surface area (Å²) in [6.45, 7) is 11.6. The third kappa shape index (κ3) is 8.27. The Labute approximate surface area is 300 Å². The van der Waals surface area contributed by atoms with Crippen molar-refractivity contribution in [2.45, 2.75) is 104 Å². The van der Waals surface area contributed by atoms with E-state index in [0.29, 0.717) is 33.8 Å². The Morgan fingerprint density at radius 3 is 2.60 bits per heavy atom. The summed E-state index contributed by atoms with van der Waals surface area (Å²) in [7, 11) is 1.54. The number of rotatable bonds is 7. The van der Waals surface area contributed by atoms with Gasteiger partial charge in [0.2, 0.25) is 11.8 Å². The molecule has 0 bridgehead atoms. The number of nitrogens with zero attached hydrogens (tertiary/aromatic N) is 2. The van der Waals surface area contributed by atoms with Gasteiger partial charge in [0.15, 0.2) is 5.78 Å². The Bertz CT molecular complexity index is 1640. The molecule has 272 valence electrons. The number of aromatic nitrogens is 1. The predicted octanol–water partition coefficient (Wildman–Crippen LogP) is 7.13. The molecular formula is C39H51ClN2O8. The molecule has 1 aromatic carbocycles. The topological polar surface area (TPSA) is 121 Å². The summed E-state index contributed by atoms with van der Waals surface area (Å²) in [5, 5.41) is 1.76. The van der Waals surface area contributed by atoms with Crippen molar-refractivity contribution in [3.63, 3.8) is 0 Å². The Hall–Kier alpha value is -3.66. The molecule has 7 atom stereocenters. The number of Topliss-reactive ketones (excluding diaryl/α,β-unsaturated/α-hetero) is 1. The van der Waals surface area contributed by atoms with Crippen molar-refractivity contribution in [1.29, 1.82) is 0 Å². The van der Waals surface area contributed by atoms with E-state index in [1.807, 2.05) is 13.0 Å². The summed E-state index contributed by atoms with van der Waals surface area (Å²) in [5.41, 5.74) is -1.68. The van der Waals surface area contributed by atoms with Crippen LogP contribution in [-0.2, 0) is 28.7 Å². The largest absolute Gasteiger partial charge is 0.494 e. The minimum Gasteiger partial charge on any atom is -0.494 e. The predicted molar refractivity (Wildman–Crippen MR) is 190 cm³/mol. The van der Waals surface area contributed by atoms with E-state index in [0.717, 1.165) is 19.3 Å². The summed E-state index contributed by atoms with van der Waals surface area (Å²) in [4.78, 5) is 61.8. The molecule has 1 amide bonds. The lowest BCUT2D eigenvalue weighted by atomic mass is 9.82. The minimum atomic E-state index is -0.962. The Kier molecular flexibility index (Phi) is 11.5. The second-order valence-electron chi connectivity index (χ2n) is 15.3. The normalized spacial score (nSPS) is 29.6. The molecule has 50 heavy (non-hydrogen) atoms. The van der Waals surface area contributed by atoms with E-state index >= 15 is 0 Å². The lowest BCUT2D eigenvalue weighted by Gasteiger charge is -2.32. The first-order chi connectivity index (χ1) is 23.7. The summed E-state index contributed by atoms with van der Waals surface area (Å²) >= 11 is 6.55. The van der Waals surface area contributed by atoms with Crippen LogP contribution < -0.4 is 9.47 Å². The van der Waals surface area contributed by atoms with Gasteiger partial charge >= 0.3 is 11.9 Å². The van der Waals surface area contributed by atoms with Crippen LogP contribution >= 0.6 is 11.6 Å². The molecule has 0 spiro atoms. The highest BCUT2D eigenvalue weighted by atomic mass is 35.5. The molecule has 1 aliphatic carbocycles.